The second kappa shape index (κ2) is 11.5. The van der Waals surface area contributed by atoms with Crippen LogP contribution in [0.25, 0.3) is 10.4 Å². The number of nitrogens with one attached hydrogen (secondary N) is 1. The number of hydrogen-bond acceptors (Lipinski definition) is 8. The normalized spacial score (nSPS) is 10.5. The van der Waals surface area contributed by atoms with Crippen molar-refractivity contribution in [1.29, 1.82) is 0 Å². The lowest BCUT2D eigenvalue weighted by atomic mass is 10.1. The molecule has 0 aliphatic carbocycles. The lowest BCUT2D eigenvalue weighted by Gasteiger charge is -2.24. The third-order valence-corrected chi connectivity index (χ3v) is 6.51. The van der Waals surface area contributed by atoms with Crippen LogP contribution in [0, 0.1) is 0 Å². The molecule has 2 heterocycles. The van der Waals surface area contributed by atoms with E-state index in [0.717, 1.165) is 16.1 Å². The van der Waals surface area contributed by atoms with Gasteiger partial charge < -0.3 is 25.4 Å². The average molecular weight is 488 g/mol. The van der Waals surface area contributed by atoms with E-state index in [9.17, 15) is 14.4 Å². The number of benzene rings is 1. The first-order chi connectivity index (χ1) is 15.9. The Morgan fingerprint density at radius 3 is 2.48 bits per heavy atom. The van der Waals surface area contributed by atoms with Crippen LogP contribution in [0.1, 0.15) is 23.7 Å². The van der Waals surface area contributed by atoms with Crippen molar-refractivity contribution in [3.63, 3.8) is 0 Å². The van der Waals surface area contributed by atoms with Gasteiger partial charge in [-0.1, -0.05) is 6.07 Å². The number of nitrogens with zero attached hydrogens (tertiary/aromatic N) is 1. The molecule has 3 rings (SSSR count). The van der Waals surface area contributed by atoms with Crippen LogP contribution in [0.4, 0.5) is 10.7 Å². The third-order valence-electron chi connectivity index (χ3n) is 4.71. The molecule has 2 aromatic heterocycles. The van der Waals surface area contributed by atoms with Crippen molar-refractivity contribution in [3.8, 4) is 16.2 Å². The Morgan fingerprint density at radius 1 is 1.12 bits per heavy atom. The van der Waals surface area contributed by atoms with E-state index in [4.69, 9.17) is 15.2 Å². The molecule has 10 heteroatoms. The Balaban J connectivity index is 1.81. The summed E-state index contributed by atoms with van der Waals surface area (Å²) < 4.78 is 10.4. The lowest BCUT2D eigenvalue weighted by Crippen LogP contribution is -2.35. The van der Waals surface area contributed by atoms with Gasteiger partial charge in [0.05, 0.1) is 20.3 Å². The monoisotopic (exact) mass is 487 g/mol. The summed E-state index contributed by atoms with van der Waals surface area (Å²) in [5.41, 5.74) is 7.12. The topological polar surface area (TPSA) is 111 Å². The maximum atomic E-state index is 13.0. The summed E-state index contributed by atoms with van der Waals surface area (Å²) in [5.74, 6) is -0.604. The number of anilines is 2. The van der Waals surface area contributed by atoms with E-state index in [0.29, 0.717) is 16.3 Å². The molecule has 0 radical (unpaired) electrons. The molecule has 33 heavy (non-hydrogen) atoms. The molecule has 2 amide bonds. The van der Waals surface area contributed by atoms with Gasteiger partial charge in [-0.05, 0) is 42.6 Å². The Kier molecular flexibility index (Phi) is 8.45. The summed E-state index contributed by atoms with van der Waals surface area (Å²) in [7, 11) is 1.57. The Bertz CT molecular complexity index is 1090. The number of methoxy groups -OCH3 is 1. The van der Waals surface area contributed by atoms with Gasteiger partial charge in [0.25, 0.3) is 0 Å². The minimum atomic E-state index is -0.488. The summed E-state index contributed by atoms with van der Waals surface area (Å²) in [6.45, 7) is 2.20. The first-order valence-electron chi connectivity index (χ1n) is 10.2. The molecular formula is C23H25N3O5S2. The Labute approximate surface area is 199 Å². The number of ether oxygens (including phenoxy) is 2. The van der Waals surface area contributed by atoms with Crippen molar-refractivity contribution in [1.82, 2.24) is 0 Å². The Hall–Kier alpha value is -3.37. The van der Waals surface area contributed by atoms with Gasteiger partial charge in [0, 0.05) is 34.5 Å². The molecule has 8 nitrogen and oxygen atoms in total. The van der Waals surface area contributed by atoms with Crippen molar-refractivity contribution in [3.05, 3.63) is 52.7 Å². The SMILES string of the molecule is CCOC(=O)c1c(-c2cccs2)csc1NC(=O)CN(CCC(N)=O)c1ccc(OC)cc1. The van der Waals surface area contributed by atoms with Gasteiger partial charge in [0.15, 0.2) is 0 Å². The summed E-state index contributed by atoms with van der Waals surface area (Å²) in [5, 5.41) is 7.02. The van der Waals surface area contributed by atoms with Crippen LogP contribution in [0.15, 0.2) is 47.2 Å². The van der Waals surface area contributed by atoms with Crippen molar-refractivity contribution in [2.45, 2.75) is 13.3 Å². The highest BCUT2D eigenvalue weighted by Crippen LogP contribution is 2.38. The quantitative estimate of drug-likeness (QED) is 0.396. The second-order valence-electron chi connectivity index (χ2n) is 6.94. The summed E-state index contributed by atoms with van der Waals surface area (Å²) in [4.78, 5) is 39.6. The number of primary amides is 1. The van der Waals surface area contributed by atoms with E-state index in [1.807, 2.05) is 22.9 Å². The smallest absolute Gasteiger partial charge is 0.341 e. The molecule has 3 aromatic rings. The molecule has 0 atom stereocenters. The standard InChI is InChI=1S/C23H25N3O5S2/c1-3-31-23(29)21-17(18-5-4-12-32-18)14-33-22(21)25-20(28)13-26(11-10-19(24)27)15-6-8-16(30-2)9-7-15/h4-9,12,14H,3,10-11,13H2,1-2H3,(H2,24,27)(H,25,28). The highest BCUT2D eigenvalue weighted by molar-refractivity contribution is 7.17. The molecule has 0 spiro atoms. The van der Waals surface area contributed by atoms with E-state index in [-0.39, 0.29) is 32.0 Å². The number of rotatable bonds is 11. The molecule has 174 valence electrons. The number of amides is 2. The minimum absolute atomic E-state index is 0.0336. The van der Waals surface area contributed by atoms with E-state index >= 15 is 0 Å². The van der Waals surface area contributed by atoms with Gasteiger partial charge in [-0.25, -0.2) is 4.79 Å². The van der Waals surface area contributed by atoms with E-state index in [1.54, 1.807) is 43.2 Å². The Morgan fingerprint density at radius 2 is 1.88 bits per heavy atom. The van der Waals surface area contributed by atoms with E-state index in [2.05, 4.69) is 5.32 Å². The van der Waals surface area contributed by atoms with Crippen LogP contribution in [0.5, 0.6) is 5.75 Å². The average Bonchev–Trinajstić information content (AvgIpc) is 3.46. The largest absolute Gasteiger partial charge is 0.497 e. The molecule has 1 aromatic carbocycles. The predicted octanol–water partition coefficient (Wildman–Crippen LogP) is 3.98. The zero-order chi connectivity index (χ0) is 23.8. The van der Waals surface area contributed by atoms with Crippen molar-refractivity contribution in [2.24, 2.45) is 5.73 Å². The van der Waals surface area contributed by atoms with Gasteiger partial charge in [0.2, 0.25) is 11.8 Å². The molecule has 0 saturated carbocycles. The predicted molar refractivity (Wildman–Crippen MR) is 131 cm³/mol. The maximum Gasteiger partial charge on any atom is 0.341 e. The molecule has 0 saturated heterocycles. The molecule has 0 unspecified atom stereocenters. The number of hydrogen-bond donors (Lipinski definition) is 2. The van der Waals surface area contributed by atoms with Gasteiger partial charge in [-0.15, -0.1) is 22.7 Å². The number of thiophene rings is 2. The maximum absolute atomic E-state index is 13.0. The fraction of sp³-hybridized carbons (Fsp3) is 0.261. The number of carbonyl (C=O) groups is 3. The summed E-state index contributed by atoms with van der Waals surface area (Å²) >= 11 is 2.77. The zero-order valence-electron chi connectivity index (χ0n) is 18.3. The fourth-order valence-electron chi connectivity index (χ4n) is 3.15. The molecule has 3 N–H and O–H groups in total. The van der Waals surface area contributed by atoms with E-state index < -0.39 is 11.9 Å². The molecular weight excluding hydrogens is 462 g/mol. The molecule has 0 fully saturated rings. The highest BCUT2D eigenvalue weighted by atomic mass is 32.1. The highest BCUT2D eigenvalue weighted by Gasteiger charge is 2.24. The second-order valence-corrected chi connectivity index (χ2v) is 8.76. The summed E-state index contributed by atoms with van der Waals surface area (Å²) in [6, 6.07) is 11.0. The van der Waals surface area contributed by atoms with Crippen LogP contribution in [0.3, 0.4) is 0 Å². The third kappa shape index (κ3) is 6.33. The van der Waals surface area contributed by atoms with E-state index in [1.165, 1.54) is 22.7 Å². The minimum Gasteiger partial charge on any atom is -0.497 e. The molecule has 0 aliphatic rings. The first-order valence-corrected chi connectivity index (χ1v) is 12.0. The lowest BCUT2D eigenvalue weighted by molar-refractivity contribution is -0.118. The molecule has 0 bridgehead atoms. The number of carbonyl (C=O) groups excluding carboxylic acids is 3. The van der Waals surface area contributed by atoms with Crippen LogP contribution >= 0.6 is 22.7 Å². The van der Waals surface area contributed by atoms with Crippen molar-refractivity contribution >= 4 is 51.1 Å². The van der Waals surface area contributed by atoms with Gasteiger partial charge in [-0.2, -0.15) is 0 Å². The number of esters is 1. The van der Waals surface area contributed by atoms with Crippen LogP contribution in [-0.2, 0) is 14.3 Å². The first kappa shape index (κ1) is 24.3. The van der Waals surface area contributed by atoms with Gasteiger partial charge in [0.1, 0.15) is 16.3 Å². The van der Waals surface area contributed by atoms with Crippen LogP contribution in [0.2, 0.25) is 0 Å². The molecule has 0 aliphatic heterocycles. The van der Waals surface area contributed by atoms with Crippen molar-refractivity contribution < 1.29 is 23.9 Å². The number of nitrogens with two attached hydrogens (primary N) is 1. The van der Waals surface area contributed by atoms with Crippen LogP contribution in [-0.4, -0.2) is 44.6 Å². The van der Waals surface area contributed by atoms with Crippen LogP contribution < -0.4 is 20.7 Å². The fourth-order valence-corrected chi connectivity index (χ4v) is 4.93. The van der Waals surface area contributed by atoms with Crippen molar-refractivity contribution in [2.75, 3.05) is 37.0 Å². The summed E-state index contributed by atoms with van der Waals surface area (Å²) in [6.07, 6.45) is 0.0922. The van der Waals surface area contributed by atoms with Gasteiger partial charge >= 0.3 is 5.97 Å². The zero-order valence-corrected chi connectivity index (χ0v) is 20.0. The van der Waals surface area contributed by atoms with Gasteiger partial charge in [-0.3, -0.25) is 9.59 Å².